The predicted octanol–water partition coefficient (Wildman–Crippen LogP) is 2.84. The molecule has 1 amide bonds. The number of amides is 1. The molecule has 7 heteroatoms. The number of nitrogens with two attached hydrogens (primary N) is 1. The molecule has 0 spiro atoms. The Labute approximate surface area is 140 Å². The summed E-state index contributed by atoms with van der Waals surface area (Å²) < 4.78 is 5.34. The van der Waals surface area contributed by atoms with Crippen molar-refractivity contribution in [3.63, 3.8) is 0 Å². The molecule has 6 nitrogen and oxygen atoms in total. The maximum Gasteiger partial charge on any atom is 0.258 e. The summed E-state index contributed by atoms with van der Waals surface area (Å²) in [6.07, 6.45) is 4.85. The van der Waals surface area contributed by atoms with Crippen LogP contribution in [0.25, 0.3) is 11.5 Å². The van der Waals surface area contributed by atoms with Crippen molar-refractivity contribution in [2.45, 2.75) is 37.6 Å². The minimum atomic E-state index is -0.431. The third kappa shape index (κ3) is 3.09. The zero-order valence-electron chi connectivity index (χ0n) is 12.6. The average molecular weight is 335 g/mol. The van der Waals surface area contributed by atoms with E-state index in [1.807, 2.05) is 24.3 Å². The van der Waals surface area contributed by atoms with E-state index in [1.54, 1.807) is 0 Å². The van der Waals surface area contributed by atoms with E-state index in [-0.39, 0.29) is 24.2 Å². The van der Waals surface area contributed by atoms with Crippen LogP contribution in [0, 0.1) is 5.92 Å². The minimum Gasteiger partial charge on any atom is -0.334 e. The van der Waals surface area contributed by atoms with Gasteiger partial charge in [-0.2, -0.15) is 4.98 Å². The van der Waals surface area contributed by atoms with Gasteiger partial charge in [-0.3, -0.25) is 4.79 Å². The third-order valence-electron chi connectivity index (χ3n) is 4.44. The van der Waals surface area contributed by atoms with Crippen LogP contribution in [0.3, 0.4) is 0 Å². The van der Waals surface area contributed by atoms with Crippen LogP contribution < -0.4 is 11.1 Å². The molecular weight excluding hydrogens is 316 g/mol. The summed E-state index contributed by atoms with van der Waals surface area (Å²) in [4.78, 5) is 16.3. The van der Waals surface area contributed by atoms with Gasteiger partial charge in [0.05, 0.1) is 5.54 Å². The molecule has 0 radical (unpaired) electrons. The molecule has 0 bridgehead atoms. The SMILES string of the molecule is Cl.NC1(c2noc(-c3cccc(NC(=O)C4CC4)c3)n2)CCC1. The van der Waals surface area contributed by atoms with Crippen molar-refractivity contribution in [2.24, 2.45) is 11.7 Å². The number of nitrogens with one attached hydrogen (secondary N) is 1. The van der Waals surface area contributed by atoms with Crippen LogP contribution in [0.2, 0.25) is 0 Å². The number of benzene rings is 1. The fourth-order valence-electron chi connectivity index (χ4n) is 2.64. The highest BCUT2D eigenvalue weighted by molar-refractivity contribution is 5.94. The molecule has 23 heavy (non-hydrogen) atoms. The Balaban J connectivity index is 0.00000156. The Bertz CT molecular complexity index is 722. The summed E-state index contributed by atoms with van der Waals surface area (Å²) in [6.45, 7) is 0. The molecule has 2 fully saturated rings. The van der Waals surface area contributed by atoms with E-state index in [0.717, 1.165) is 43.4 Å². The van der Waals surface area contributed by atoms with Crippen LogP contribution >= 0.6 is 12.4 Å². The number of hydrogen-bond donors (Lipinski definition) is 2. The van der Waals surface area contributed by atoms with Crippen LogP contribution in [-0.2, 0) is 10.3 Å². The van der Waals surface area contributed by atoms with Crippen molar-refractivity contribution in [3.05, 3.63) is 30.1 Å². The molecule has 3 N–H and O–H groups in total. The second-order valence-electron chi connectivity index (χ2n) is 6.28. The summed E-state index contributed by atoms with van der Waals surface area (Å²) in [5.74, 6) is 1.27. The zero-order chi connectivity index (χ0) is 15.2. The van der Waals surface area contributed by atoms with Gasteiger partial charge >= 0.3 is 0 Å². The lowest BCUT2D eigenvalue weighted by Crippen LogP contribution is -2.44. The number of aromatic nitrogens is 2. The maximum absolute atomic E-state index is 11.8. The fraction of sp³-hybridized carbons (Fsp3) is 0.438. The highest BCUT2D eigenvalue weighted by Gasteiger charge is 2.39. The summed E-state index contributed by atoms with van der Waals surface area (Å²) in [5.41, 5.74) is 7.32. The molecule has 0 aliphatic heterocycles. The average Bonchev–Trinajstić information content (AvgIpc) is 3.22. The molecule has 1 aromatic heterocycles. The first kappa shape index (κ1) is 16.0. The summed E-state index contributed by atoms with van der Waals surface area (Å²) >= 11 is 0. The first-order chi connectivity index (χ1) is 10.6. The lowest BCUT2D eigenvalue weighted by Gasteiger charge is -2.34. The number of anilines is 1. The quantitative estimate of drug-likeness (QED) is 0.896. The third-order valence-corrected chi connectivity index (χ3v) is 4.44. The van der Waals surface area contributed by atoms with Crippen LogP contribution in [0.15, 0.2) is 28.8 Å². The van der Waals surface area contributed by atoms with E-state index in [0.29, 0.717) is 11.7 Å². The number of rotatable bonds is 4. The van der Waals surface area contributed by atoms with Gasteiger partial charge in [-0.15, -0.1) is 12.4 Å². The zero-order valence-corrected chi connectivity index (χ0v) is 13.4. The smallest absolute Gasteiger partial charge is 0.258 e. The van der Waals surface area contributed by atoms with Crippen molar-refractivity contribution in [1.82, 2.24) is 10.1 Å². The van der Waals surface area contributed by atoms with Crippen molar-refractivity contribution in [1.29, 1.82) is 0 Å². The van der Waals surface area contributed by atoms with E-state index in [9.17, 15) is 4.79 Å². The molecule has 0 atom stereocenters. The highest BCUT2D eigenvalue weighted by atomic mass is 35.5. The van der Waals surface area contributed by atoms with Gasteiger partial charge in [0, 0.05) is 17.2 Å². The molecule has 1 heterocycles. The van der Waals surface area contributed by atoms with Gasteiger partial charge in [0.25, 0.3) is 5.89 Å². The molecule has 0 saturated heterocycles. The van der Waals surface area contributed by atoms with Gasteiger partial charge in [-0.05, 0) is 50.3 Å². The fourth-order valence-corrected chi connectivity index (χ4v) is 2.64. The summed E-state index contributed by atoms with van der Waals surface area (Å²) in [7, 11) is 0. The largest absolute Gasteiger partial charge is 0.334 e. The predicted molar refractivity (Wildman–Crippen MR) is 88.1 cm³/mol. The Morgan fingerprint density at radius 2 is 2.13 bits per heavy atom. The summed E-state index contributed by atoms with van der Waals surface area (Å²) in [6, 6.07) is 7.45. The Kier molecular flexibility index (Phi) is 4.12. The Morgan fingerprint density at radius 1 is 1.35 bits per heavy atom. The molecule has 2 saturated carbocycles. The molecule has 4 rings (SSSR count). The van der Waals surface area contributed by atoms with Gasteiger partial charge in [0.1, 0.15) is 0 Å². The van der Waals surface area contributed by atoms with E-state index in [2.05, 4.69) is 15.5 Å². The second-order valence-corrected chi connectivity index (χ2v) is 6.28. The van der Waals surface area contributed by atoms with Crippen molar-refractivity contribution in [2.75, 3.05) is 5.32 Å². The molecular formula is C16H19ClN4O2. The topological polar surface area (TPSA) is 94.0 Å². The van der Waals surface area contributed by atoms with Crippen molar-refractivity contribution in [3.8, 4) is 11.5 Å². The molecule has 0 unspecified atom stereocenters. The van der Waals surface area contributed by atoms with E-state index in [4.69, 9.17) is 10.3 Å². The lowest BCUT2D eigenvalue weighted by atomic mass is 9.77. The molecule has 1 aromatic carbocycles. The van der Waals surface area contributed by atoms with Gasteiger partial charge in [0.15, 0.2) is 5.82 Å². The number of carbonyl (C=O) groups is 1. The van der Waals surface area contributed by atoms with Gasteiger partial charge in [0.2, 0.25) is 5.91 Å². The van der Waals surface area contributed by atoms with Crippen LogP contribution in [-0.4, -0.2) is 16.0 Å². The van der Waals surface area contributed by atoms with Gasteiger partial charge in [-0.25, -0.2) is 0 Å². The van der Waals surface area contributed by atoms with Crippen LogP contribution in [0.5, 0.6) is 0 Å². The maximum atomic E-state index is 11.8. The molecule has 2 aromatic rings. The van der Waals surface area contributed by atoms with E-state index in [1.165, 1.54) is 0 Å². The number of halogens is 1. The Morgan fingerprint density at radius 3 is 2.78 bits per heavy atom. The van der Waals surface area contributed by atoms with Crippen LogP contribution in [0.4, 0.5) is 5.69 Å². The number of carbonyl (C=O) groups excluding carboxylic acids is 1. The Hall–Kier alpha value is -1.92. The lowest BCUT2D eigenvalue weighted by molar-refractivity contribution is -0.117. The van der Waals surface area contributed by atoms with Gasteiger partial charge < -0.3 is 15.6 Å². The van der Waals surface area contributed by atoms with Crippen molar-refractivity contribution < 1.29 is 9.32 Å². The highest BCUT2D eigenvalue weighted by Crippen LogP contribution is 2.37. The molecule has 2 aliphatic carbocycles. The van der Waals surface area contributed by atoms with E-state index < -0.39 is 5.54 Å². The monoisotopic (exact) mass is 334 g/mol. The number of nitrogens with zero attached hydrogens (tertiary/aromatic N) is 2. The first-order valence-electron chi connectivity index (χ1n) is 7.68. The second kappa shape index (κ2) is 5.94. The normalized spacial score (nSPS) is 18.7. The van der Waals surface area contributed by atoms with Gasteiger partial charge in [-0.1, -0.05) is 11.2 Å². The summed E-state index contributed by atoms with van der Waals surface area (Å²) in [5, 5.41) is 6.94. The van der Waals surface area contributed by atoms with Crippen molar-refractivity contribution >= 4 is 24.0 Å². The minimum absolute atomic E-state index is 0. The standard InChI is InChI=1S/C16H18N4O2.ClH/c17-16(7-2-8-16)15-19-14(22-20-15)11-3-1-4-12(9-11)18-13(21)10-5-6-10;/h1,3-4,9-10H,2,5-8,17H2,(H,18,21);1H. The van der Waals surface area contributed by atoms with Crippen LogP contribution in [0.1, 0.15) is 37.9 Å². The molecule has 2 aliphatic rings. The first-order valence-corrected chi connectivity index (χ1v) is 7.68. The van der Waals surface area contributed by atoms with E-state index >= 15 is 0 Å². The number of hydrogen-bond acceptors (Lipinski definition) is 5. The molecule has 122 valence electrons.